The van der Waals surface area contributed by atoms with Gasteiger partial charge in [-0.2, -0.15) is 0 Å². The third-order valence-corrected chi connectivity index (χ3v) is 5.65. The Morgan fingerprint density at radius 1 is 1.14 bits per heavy atom. The summed E-state index contributed by atoms with van der Waals surface area (Å²) in [5.41, 5.74) is 1.47. The lowest BCUT2D eigenvalue weighted by Crippen LogP contribution is -2.52. The van der Waals surface area contributed by atoms with Gasteiger partial charge in [0.15, 0.2) is 0 Å². The highest BCUT2D eigenvalue weighted by Gasteiger charge is 2.53. The summed E-state index contributed by atoms with van der Waals surface area (Å²) in [7, 11) is 0. The maximum absolute atomic E-state index is 12.5. The van der Waals surface area contributed by atoms with Crippen molar-refractivity contribution in [3.8, 4) is 0 Å². The number of hydrogen-bond donors (Lipinski definition) is 0. The second-order valence-corrected chi connectivity index (χ2v) is 7.32. The average molecular weight is 282 g/mol. The highest BCUT2D eigenvalue weighted by Crippen LogP contribution is 2.57. The van der Waals surface area contributed by atoms with Crippen LogP contribution in [0.25, 0.3) is 6.08 Å². The van der Waals surface area contributed by atoms with Crippen LogP contribution in [0.5, 0.6) is 0 Å². The zero-order chi connectivity index (χ0) is 14.4. The SMILES string of the molecule is C=Cc1cccc(C(=O)OC23CC4CC(CC(C4)C2)C3)c1. The van der Waals surface area contributed by atoms with Crippen LogP contribution in [0.15, 0.2) is 30.8 Å². The van der Waals surface area contributed by atoms with Crippen molar-refractivity contribution >= 4 is 12.0 Å². The van der Waals surface area contributed by atoms with Crippen LogP contribution in [0.1, 0.15) is 54.4 Å². The molecule has 2 nitrogen and oxygen atoms in total. The molecule has 110 valence electrons. The van der Waals surface area contributed by atoms with Crippen molar-refractivity contribution < 1.29 is 9.53 Å². The minimum absolute atomic E-state index is 0.152. The average Bonchev–Trinajstić information content (AvgIpc) is 2.45. The molecule has 0 atom stereocenters. The fourth-order valence-corrected chi connectivity index (χ4v) is 5.20. The summed E-state index contributed by atoms with van der Waals surface area (Å²) < 4.78 is 6.06. The predicted molar refractivity (Wildman–Crippen MR) is 82.9 cm³/mol. The number of esters is 1. The van der Waals surface area contributed by atoms with Crippen molar-refractivity contribution in [2.45, 2.75) is 44.1 Å². The van der Waals surface area contributed by atoms with Crippen LogP contribution in [0.3, 0.4) is 0 Å². The molecule has 4 aliphatic rings. The molecule has 0 aromatic heterocycles. The quantitative estimate of drug-likeness (QED) is 0.765. The lowest BCUT2D eigenvalue weighted by atomic mass is 9.54. The van der Waals surface area contributed by atoms with E-state index in [1.165, 1.54) is 19.3 Å². The first-order valence-electron chi connectivity index (χ1n) is 8.12. The Morgan fingerprint density at radius 2 is 1.76 bits per heavy atom. The summed E-state index contributed by atoms with van der Waals surface area (Å²) in [5, 5.41) is 0. The van der Waals surface area contributed by atoms with Gasteiger partial charge in [-0.3, -0.25) is 0 Å². The fraction of sp³-hybridized carbons (Fsp3) is 0.526. The Balaban J connectivity index is 1.55. The van der Waals surface area contributed by atoms with E-state index in [-0.39, 0.29) is 11.6 Å². The summed E-state index contributed by atoms with van der Waals surface area (Å²) >= 11 is 0. The van der Waals surface area contributed by atoms with Crippen LogP contribution in [-0.2, 0) is 4.74 Å². The van der Waals surface area contributed by atoms with Gasteiger partial charge in [-0.25, -0.2) is 4.79 Å². The van der Waals surface area contributed by atoms with Gasteiger partial charge in [-0.1, -0.05) is 24.8 Å². The van der Waals surface area contributed by atoms with Crippen LogP contribution in [0.4, 0.5) is 0 Å². The van der Waals surface area contributed by atoms with Crippen molar-refractivity contribution in [3.05, 3.63) is 42.0 Å². The minimum Gasteiger partial charge on any atom is -0.455 e. The van der Waals surface area contributed by atoms with Crippen LogP contribution in [-0.4, -0.2) is 11.6 Å². The van der Waals surface area contributed by atoms with Crippen LogP contribution in [0, 0.1) is 17.8 Å². The molecule has 0 aliphatic heterocycles. The topological polar surface area (TPSA) is 26.3 Å². The first kappa shape index (κ1) is 13.1. The second-order valence-electron chi connectivity index (χ2n) is 7.32. The molecule has 4 saturated carbocycles. The molecule has 4 fully saturated rings. The third kappa shape index (κ3) is 2.31. The van der Waals surface area contributed by atoms with Gasteiger partial charge in [-0.15, -0.1) is 0 Å². The van der Waals surface area contributed by atoms with Crippen molar-refractivity contribution in [1.29, 1.82) is 0 Å². The van der Waals surface area contributed by atoms with E-state index in [4.69, 9.17) is 4.74 Å². The molecule has 4 bridgehead atoms. The van der Waals surface area contributed by atoms with Gasteiger partial charge in [0, 0.05) is 0 Å². The Kier molecular flexibility index (Phi) is 2.95. The van der Waals surface area contributed by atoms with Crippen molar-refractivity contribution in [3.63, 3.8) is 0 Å². The van der Waals surface area contributed by atoms with Gasteiger partial charge in [0.05, 0.1) is 5.56 Å². The summed E-state index contributed by atoms with van der Waals surface area (Å²) in [5.74, 6) is 2.23. The molecule has 1 aromatic carbocycles. The molecule has 0 spiro atoms. The maximum atomic E-state index is 12.5. The Morgan fingerprint density at radius 3 is 2.33 bits per heavy atom. The number of rotatable bonds is 3. The lowest BCUT2D eigenvalue weighted by Gasteiger charge is -2.55. The summed E-state index contributed by atoms with van der Waals surface area (Å²) in [4.78, 5) is 12.5. The van der Waals surface area contributed by atoms with Gasteiger partial charge in [-0.05, 0) is 74.0 Å². The maximum Gasteiger partial charge on any atom is 0.338 e. The monoisotopic (exact) mass is 282 g/mol. The van der Waals surface area contributed by atoms with Crippen LogP contribution < -0.4 is 0 Å². The zero-order valence-corrected chi connectivity index (χ0v) is 12.4. The molecular weight excluding hydrogens is 260 g/mol. The molecule has 0 N–H and O–H groups in total. The number of benzene rings is 1. The standard InChI is InChI=1S/C19H22O2/c1-2-13-4-3-5-17(9-13)18(20)21-19-10-14-6-15(11-19)8-16(7-14)12-19/h2-5,9,14-16H,1,6-8,10-12H2. The number of ether oxygens (including phenoxy) is 1. The Bertz CT molecular complexity index is 552. The zero-order valence-electron chi connectivity index (χ0n) is 12.4. The van der Waals surface area contributed by atoms with E-state index in [1.54, 1.807) is 6.08 Å². The number of carbonyl (C=O) groups excluding carboxylic acids is 1. The number of carbonyl (C=O) groups is 1. The first-order valence-corrected chi connectivity index (χ1v) is 8.12. The van der Waals surface area contributed by atoms with Gasteiger partial charge in [0.2, 0.25) is 0 Å². The van der Waals surface area contributed by atoms with Crippen molar-refractivity contribution in [2.24, 2.45) is 17.8 Å². The molecule has 0 radical (unpaired) electrons. The van der Waals surface area contributed by atoms with E-state index in [9.17, 15) is 4.79 Å². The molecule has 0 saturated heterocycles. The predicted octanol–water partition coefficient (Wildman–Crippen LogP) is 4.46. The smallest absolute Gasteiger partial charge is 0.338 e. The van der Waals surface area contributed by atoms with E-state index in [0.717, 1.165) is 42.6 Å². The lowest BCUT2D eigenvalue weighted by molar-refractivity contribution is -0.131. The molecule has 0 unspecified atom stereocenters. The largest absolute Gasteiger partial charge is 0.455 e. The van der Waals surface area contributed by atoms with Crippen molar-refractivity contribution in [1.82, 2.24) is 0 Å². The van der Waals surface area contributed by atoms with E-state index < -0.39 is 0 Å². The van der Waals surface area contributed by atoms with E-state index in [1.807, 2.05) is 24.3 Å². The molecular formula is C19H22O2. The minimum atomic E-state index is -0.157. The van der Waals surface area contributed by atoms with Crippen molar-refractivity contribution in [2.75, 3.05) is 0 Å². The van der Waals surface area contributed by atoms with E-state index in [0.29, 0.717) is 5.56 Å². The first-order chi connectivity index (χ1) is 10.2. The molecule has 5 rings (SSSR count). The molecule has 0 amide bonds. The normalized spacial score (nSPS) is 36.5. The van der Waals surface area contributed by atoms with Gasteiger partial charge in [0.1, 0.15) is 5.60 Å². The molecule has 21 heavy (non-hydrogen) atoms. The summed E-state index contributed by atoms with van der Waals surface area (Å²) in [6.45, 7) is 3.76. The van der Waals surface area contributed by atoms with E-state index >= 15 is 0 Å². The van der Waals surface area contributed by atoms with E-state index in [2.05, 4.69) is 6.58 Å². The fourth-order valence-electron chi connectivity index (χ4n) is 5.20. The number of hydrogen-bond acceptors (Lipinski definition) is 2. The summed E-state index contributed by atoms with van der Waals surface area (Å²) in [6, 6.07) is 7.56. The highest BCUT2D eigenvalue weighted by atomic mass is 16.6. The Hall–Kier alpha value is -1.57. The molecule has 2 heteroatoms. The van der Waals surface area contributed by atoms with Gasteiger partial charge < -0.3 is 4.74 Å². The molecule has 1 aromatic rings. The van der Waals surface area contributed by atoms with Gasteiger partial charge in [0.25, 0.3) is 0 Å². The molecule has 4 aliphatic carbocycles. The van der Waals surface area contributed by atoms with Crippen LogP contribution in [0.2, 0.25) is 0 Å². The van der Waals surface area contributed by atoms with Crippen LogP contribution >= 0.6 is 0 Å². The molecule has 0 heterocycles. The highest BCUT2D eigenvalue weighted by molar-refractivity contribution is 5.90. The van der Waals surface area contributed by atoms with Gasteiger partial charge >= 0.3 is 5.97 Å². The summed E-state index contributed by atoms with van der Waals surface area (Å²) in [6.07, 6.45) is 9.12. The second kappa shape index (κ2) is 4.72. The Labute approximate surface area is 126 Å². The third-order valence-electron chi connectivity index (χ3n) is 5.65.